The number of fused-ring (bicyclic) bond motifs is 3. The first-order valence-electron chi connectivity index (χ1n) is 11.0. The van der Waals surface area contributed by atoms with Gasteiger partial charge in [0.05, 0.1) is 48.5 Å². The summed E-state index contributed by atoms with van der Waals surface area (Å²) in [6.45, 7) is 0. The van der Waals surface area contributed by atoms with Crippen LogP contribution in [0, 0.1) is 23.7 Å². The fraction of sp³-hybridized carbons (Fsp3) is 0.905. The maximum atomic E-state index is 13.2. The Morgan fingerprint density at radius 3 is 1.93 bits per heavy atom. The van der Waals surface area contributed by atoms with Gasteiger partial charge in [0.1, 0.15) is 6.10 Å². The zero-order valence-corrected chi connectivity index (χ0v) is 15.9. The van der Waals surface area contributed by atoms with E-state index >= 15 is 0 Å². The fourth-order valence-electron chi connectivity index (χ4n) is 6.34. The first kappa shape index (κ1) is 17.7. The van der Waals surface area contributed by atoms with Crippen LogP contribution >= 0.6 is 0 Å². The second-order valence-electron chi connectivity index (χ2n) is 9.60. The molecule has 10 atom stereocenters. The van der Waals surface area contributed by atoms with Crippen molar-refractivity contribution in [3.63, 3.8) is 0 Å². The summed E-state index contributed by atoms with van der Waals surface area (Å²) in [5, 5.41) is 9.62. The molecular formula is C21H28O7. The maximum absolute atomic E-state index is 13.2. The largest absolute Gasteiger partial charge is 0.481 e. The molecule has 0 radical (unpaired) electrons. The molecule has 0 amide bonds. The minimum atomic E-state index is -0.918. The molecule has 7 nitrogen and oxygen atoms in total. The van der Waals surface area contributed by atoms with Gasteiger partial charge >= 0.3 is 11.9 Å². The number of carboxylic acids is 1. The molecule has 154 valence electrons. The van der Waals surface area contributed by atoms with Crippen molar-refractivity contribution >= 4 is 11.9 Å². The van der Waals surface area contributed by atoms with E-state index in [4.69, 9.17) is 18.9 Å². The van der Waals surface area contributed by atoms with Crippen molar-refractivity contribution in [2.75, 3.05) is 0 Å². The topological polar surface area (TPSA) is 101 Å². The molecule has 0 bridgehead atoms. The van der Waals surface area contributed by atoms with Gasteiger partial charge in [-0.1, -0.05) is 12.8 Å². The lowest BCUT2D eigenvalue weighted by atomic mass is 9.74. The molecule has 3 aliphatic carbocycles. The molecular weight excluding hydrogens is 364 g/mol. The Balaban J connectivity index is 1.22. The van der Waals surface area contributed by atoms with E-state index in [0.717, 1.165) is 38.5 Å². The lowest BCUT2D eigenvalue weighted by Gasteiger charge is -2.36. The highest BCUT2D eigenvalue weighted by atomic mass is 16.6. The van der Waals surface area contributed by atoms with Crippen LogP contribution in [-0.2, 0) is 28.5 Å². The number of carbonyl (C=O) groups excluding carboxylic acids is 1. The number of hydrogen-bond acceptors (Lipinski definition) is 6. The summed E-state index contributed by atoms with van der Waals surface area (Å²) in [6.07, 6.45) is 8.15. The predicted octanol–water partition coefficient (Wildman–Crippen LogP) is 1.91. The van der Waals surface area contributed by atoms with Gasteiger partial charge < -0.3 is 24.1 Å². The first-order valence-corrected chi connectivity index (χ1v) is 11.0. The third kappa shape index (κ3) is 2.97. The van der Waals surface area contributed by atoms with E-state index in [-0.39, 0.29) is 48.3 Å². The van der Waals surface area contributed by atoms with Crippen LogP contribution in [0.3, 0.4) is 0 Å². The third-order valence-electron chi connectivity index (χ3n) is 8.00. The van der Waals surface area contributed by atoms with Gasteiger partial charge in [-0.3, -0.25) is 9.59 Å². The molecule has 1 N–H and O–H groups in total. The van der Waals surface area contributed by atoms with E-state index in [9.17, 15) is 14.7 Å². The van der Waals surface area contributed by atoms with Crippen molar-refractivity contribution in [3.8, 4) is 0 Å². The Kier molecular flexibility index (Phi) is 4.04. The second-order valence-corrected chi connectivity index (χ2v) is 9.60. The molecule has 0 aromatic rings. The Labute approximate surface area is 164 Å². The van der Waals surface area contributed by atoms with E-state index in [2.05, 4.69) is 0 Å². The van der Waals surface area contributed by atoms with Gasteiger partial charge in [0.15, 0.2) is 0 Å². The zero-order chi connectivity index (χ0) is 19.0. The number of ether oxygens (including phenoxy) is 4. The number of esters is 1. The van der Waals surface area contributed by atoms with Crippen molar-refractivity contribution in [2.24, 2.45) is 23.7 Å². The molecule has 0 aromatic carbocycles. The molecule has 3 aliphatic heterocycles. The van der Waals surface area contributed by atoms with Crippen LogP contribution in [0.2, 0.25) is 0 Å². The monoisotopic (exact) mass is 392 g/mol. The molecule has 10 unspecified atom stereocenters. The van der Waals surface area contributed by atoms with Gasteiger partial charge in [0.25, 0.3) is 0 Å². The molecule has 6 fully saturated rings. The average molecular weight is 392 g/mol. The van der Waals surface area contributed by atoms with Crippen LogP contribution in [0.5, 0.6) is 0 Å². The average Bonchev–Trinajstić information content (AvgIpc) is 3.56. The molecule has 6 aliphatic rings. The summed E-state index contributed by atoms with van der Waals surface area (Å²) in [5.41, 5.74) is 0. The summed E-state index contributed by atoms with van der Waals surface area (Å²) in [6, 6.07) is 0. The van der Waals surface area contributed by atoms with Crippen molar-refractivity contribution in [3.05, 3.63) is 0 Å². The van der Waals surface area contributed by atoms with E-state index in [1.807, 2.05) is 0 Å². The van der Waals surface area contributed by atoms with Crippen LogP contribution in [-0.4, -0.2) is 59.8 Å². The smallest absolute Gasteiger partial charge is 0.310 e. The zero-order valence-electron chi connectivity index (χ0n) is 15.9. The second kappa shape index (κ2) is 6.41. The molecule has 3 saturated carbocycles. The van der Waals surface area contributed by atoms with Gasteiger partial charge in [-0.2, -0.15) is 0 Å². The van der Waals surface area contributed by atoms with E-state index in [1.54, 1.807) is 0 Å². The standard InChI is InChI=1S/C21H28O7/c22-20(23)11-7-15-16(25-15)8-12(11)21(24)28-17(9-3-1-5-13-18(9)26-13)10-4-2-6-14-19(10)27-14/h9-19H,1-8H2,(H,22,23). The maximum Gasteiger partial charge on any atom is 0.310 e. The number of carbonyl (C=O) groups is 2. The van der Waals surface area contributed by atoms with Gasteiger partial charge in [-0.25, -0.2) is 0 Å². The SMILES string of the molecule is O=C(O)C1CC2OC2CC1C(=O)OC(C1CCCC2OC21)C1CCCC2OC21. The normalized spacial score (nSPS) is 51.7. The molecule has 7 heteroatoms. The lowest BCUT2D eigenvalue weighted by Crippen LogP contribution is -2.45. The van der Waals surface area contributed by atoms with Crippen LogP contribution in [0.25, 0.3) is 0 Å². The minimum Gasteiger partial charge on any atom is -0.481 e. The molecule has 28 heavy (non-hydrogen) atoms. The Morgan fingerprint density at radius 2 is 1.36 bits per heavy atom. The molecule has 3 saturated heterocycles. The minimum absolute atomic E-state index is 0.0129. The number of rotatable bonds is 5. The summed E-state index contributed by atoms with van der Waals surface area (Å²) in [4.78, 5) is 24.9. The van der Waals surface area contributed by atoms with Crippen molar-refractivity contribution in [1.82, 2.24) is 0 Å². The van der Waals surface area contributed by atoms with Crippen LogP contribution < -0.4 is 0 Å². The summed E-state index contributed by atoms with van der Waals surface area (Å²) < 4.78 is 23.5. The molecule has 6 rings (SSSR count). The van der Waals surface area contributed by atoms with Crippen molar-refractivity contribution in [1.29, 1.82) is 0 Å². The Hall–Kier alpha value is -1.18. The number of epoxide rings is 3. The van der Waals surface area contributed by atoms with Crippen molar-refractivity contribution < 1.29 is 33.6 Å². The van der Waals surface area contributed by atoms with Crippen LogP contribution in [0.15, 0.2) is 0 Å². The van der Waals surface area contributed by atoms with Gasteiger partial charge in [0.2, 0.25) is 0 Å². The van der Waals surface area contributed by atoms with Gasteiger partial charge in [0, 0.05) is 11.8 Å². The molecule has 0 aromatic heterocycles. The Bertz CT molecular complexity index is 652. The first-order chi connectivity index (χ1) is 13.6. The van der Waals surface area contributed by atoms with E-state index in [0.29, 0.717) is 25.0 Å². The highest BCUT2D eigenvalue weighted by Crippen LogP contribution is 2.51. The van der Waals surface area contributed by atoms with Crippen LogP contribution in [0.1, 0.15) is 51.4 Å². The lowest BCUT2D eigenvalue weighted by molar-refractivity contribution is -0.169. The number of carboxylic acid groups (broad SMARTS) is 1. The highest BCUT2D eigenvalue weighted by molar-refractivity contribution is 5.81. The predicted molar refractivity (Wildman–Crippen MR) is 94.4 cm³/mol. The molecule has 0 spiro atoms. The van der Waals surface area contributed by atoms with E-state index < -0.39 is 17.8 Å². The molecule has 3 heterocycles. The van der Waals surface area contributed by atoms with Crippen LogP contribution in [0.4, 0.5) is 0 Å². The van der Waals surface area contributed by atoms with Gasteiger partial charge in [-0.15, -0.1) is 0 Å². The number of aliphatic carboxylic acids is 1. The quantitative estimate of drug-likeness (QED) is 0.563. The summed E-state index contributed by atoms with van der Waals surface area (Å²) in [7, 11) is 0. The summed E-state index contributed by atoms with van der Waals surface area (Å²) in [5.74, 6) is -2.15. The Morgan fingerprint density at radius 1 is 0.786 bits per heavy atom. The third-order valence-corrected chi connectivity index (χ3v) is 8.00. The highest BCUT2D eigenvalue weighted by Gasteiger charge is 2.59. The summed E-state index contributed by atoms with van der Waals surface area (Å²) >= 11 is 0. The van der Waals surface area contributed by atoms with Crippen molar-refractivity contribution in [2.45, 2.75) is 94.1 Å². The number of hydrogen-bond donors (Lipinski definition) is 1. The van der Waals surface area contributed by atoms with Gasteiger partial charge in [-0.05, 0) is 38.5 Å². The fourth-order valence-corrected chi connectivity index (χ4v) is 6.34. The van der Waals surface area contributed by atoms with E-state index in [1.165, 1.54) is 0 Å².